The van der Waals surface area contributed by atoms with E-state index in [0.29, 0.717) is 52.0 Å². The molecule has 0 unspecified atom stereocenters. The molecule has 0 bridgehead atoms. The van der Waals surface area contributed by atoms with Crippen LogP contribution >= 0.6 is 0 Å². The average Bonchev–Trinajstić information content (AvgIpc) is 3.32. The smallest absolute Gasteiger partial charge is 0.233 e. The van der Waals surface area contributed by atoms with Crippen molar-refractivity contribution in [3.05, 3.63) is 52.5 Å². The fourth-order valence-corrected chi connectivity index (χ4v) is 5.62. The highest BCUT2D eigenvalue weighted by atomic mass is 16.5. The van der Waals surface area contributed by atoms with Crippen LogP contribution in [0, 0.1) is 13.8 Å². The van der Waals surface area contributed by atoms with Crippen LogP contribution in [0.4, 0.5) is 5.82 Å². The van der Waals surface area contributed by atoms with Crippen LogP contribution in [0.1, 0.15) is 59.8 Å². The van der Waals surface area contributed by atoms with Gasteiger partial charge in [0.25, 0.3) is 0 Å². The summed E-state index contributed by atoms with van der Waals surface area (Å²) in [6.45, 7) is 6.59. The number of benzene rings is 1. The van der Waals surface area contributed by atoms with Gasteiger partial charge in [0.05, 0.1) is 5.41 Å². The maximum Gasteiger partial charge on any atom is 0.233 e. The number of ether oxygens (including phenoxy) is 1. The SMILES string of the molecule is Cc1cccc(C2(C(=O)N3CC[C@H](c4nc(C)c5c(n4)N(C)C(=O)CC5)C3)CCOCC2)c1. The number of aromatic nitrogens is 2. The van der Waals surface area contributed by atoms with Gasteiger partial charge in [-0.15, -0.1) is 0 Å². The Kier molecular flexibility index (Phi) is 5.69. The lowest BCUT2D eigenvalue weighted by molar-refractivity contribution is -0.140. The lowest BCUT2D eigenvalue weighted by Crippen LogP contribution is -2.49. The molecule has 2 aromatic rings. The lowest BCUT2D eigenvalue weighted by Gasteiger charge is -2.39. The molecule has 1 atom stereocenters. The van der Waals surface area contributed by atoms with Gasteiger partial charge in [0.15, 0.2) is 0 Å². The Morgan fingerprint density at radius 1 is 1.15 bits per heavy atom. The molecule has 0 N–H and O–H groups in total. The fourth-order valence-electron chi connectivity index (χ4n) is 5.62. The molecule has 4 heterocycles. The fraction of sp³-hybridized carbons (Fsp3) is 0.538. The van der Waals surface area contributed by atoms with Crippen molar-refractivity contribution in [3.63, 3.8) is 0 Å². The molecule has 0 spiro atoms. The van der Waals surface area contributed by atoms with Crippen LogP contribution in [-0.4, -0.2) is 60.0 Å². The Morgan fingerprint density at radius 3 is 2.70 bits per heavy atom. The standard InChI is InChI=1S/C26H32N4O3/c1-17-5-4-6-20(15-17)26(10-13-33-14-11-26)25(32)30-12-9-19(16-30)23-27-18(2)21-7-8-22(31)29(3)24(21)28-23/h4-6,15,19H,7-14,16H2,1-3H3/t19-/m0/s1. The highest BCUT2D eigenvalue weighted by Gasteiger charge is 2.46. The van der Waals surface area contributed by atoms with Gasteiger partial charge in [-0.2, -0.15) is 0 Å². The van der Waals surface area contributed by atoms with Gasteiger partial charge in [0.1, 0.15) is 11.6 Å². The second-order valence-electron chi connectivity index (χ2n) is 9.72. The molecule has 174 valence electrons. The first kappa shape index (κ1) is 22.0. The molecule has 2 fully saturated rings. The van der Waals surface area contributed by atoms with Crippen molar-refractivity contribution < 1.29 is 14.3 Å². The first-order valence-electron chi connectivity index (χ1n) is 12.0. The van der Waals surface area contributed by atoms with E-state index < -0.39 is 5.41 Å². The number of fused-ring (bicyclic) bond motifs is 1. The molecular formula is C26H32N4O3. The highest BCUT2D eigenvalue weighted by molar-refractivity contribution is 5.95. The number of rotatable bonds is 3. The molecule has 1 aromatic heterocycles. The number of likely N-dealkylation sites (tertiary alicyclic amines) is 1. The third-order valence-corrected chi connectivity index (χ3v) is 7.66. The zero-order chi connectivity index (χ0) is 23.2. The molecule has 7 nitrogen and oxygen atoms in total. The van der Waals surface area contributed by atoms with Crippen molar-refractivity contribution in [3.8, 4) is 0 Å². The third-order valence-electron chi connectivity index (χ3n) is 7.66. The molecule has 7 heteroatoms. The van der Waals surface area contributed by atoms with E-state index in [9.17, 15) is 9.59 Å². The predicted octanol–water partition coefficient (Wildman–Crippen LogP) is 3.07. The van der Waals surface area contributed by atoms with E-state index in [1.807, 2.05) is 17.9 Å². The number of amides is 2. The third kappa shape index (κ3) is 3.82. The number of carbonyl (C=O) groups excluding carboxylic acids is 2. The second kappa shape index (κ2) is 8.52. The number of anilines is 1. The van der Waals surface area contributed by atoms with Crippen molar-refractivity contribution in [2.24, 2.45) is 0 Å². The molecular weight excluding hydrogens is 416 g/mol. The van der Waals surface area contributed by atoms with Gasteiger partial charge in [0, 0.05) is 56.9 Å². The first-order chi connectivity index (χ1) is 15.9. The molecule has 0 radical (unpaired) electrons. The summed E-state index contributed by atoms with van der Waals surface area (Å²) in [5, 5.41) is 0. The summed E-state index contributed by atoms with van der Waals surface area (Å²) in [5.74, 6) is 1.85. The molecule has 1 aromatic carbocycles. The monoisotopic (exact) mass is 448 g/mol. The summed E-state index contributed by atoms with van der Waals surface area (Å²) < 4.78 is 5.64. The Bertz CT molecular complexity index is 1090. The minimum atomic E-state index is -0.529. The summed E-state index contributed by atoms with van der Waals surface area (Å²) >= 11 is 0. The minimum absolute atomic E-state index is 0.0813. The van der Waals surface area contributed by atoms with Crippen molar-refractivity contribution in [1.29, 1.82) is 0 Å². The molecule has 2 saturated heterocycles. The Morgan fingerprint density at radius 2 is 1.94 bits per heavy atom. The van der Waals surface area contributed by atoms with E-state index in [1.165, 1.54) is 5.56 Å². The normalized spacial score (nSPS) is 22.4. The zero-order valence-electron chi connectivity index (χ0n) is 19.8. The topological polar surface area (TPSA) is 75.6 Å². The van der Waals surface area contributed by atoms with Crippen molar-refractivity contribution in [2.45, 2.75) is 57.3 Å². The van der Waals surface area contributed by atoms with Crippen LogP contribution in [0.2, 0.25) is 0 Å². The maximum atomic E-state index is 14.0. The molecule has 3 aliphatic heterocycles. The number of nitrogens with zero attached hydrogens (tertiary/aromatic N) is 4. The maximum absolute atomic E-state index is 14.0. The molecule has 0 saturated carbocycles. The van der Waals surface area contributed by atoms with E-state index in [1.54, 1.807) is 11.9 Å². The van der Waals surface area contributed by atoms with Crippen molar-refractivity contribution in [1.82, 2.24) is 14.9 Å². The van der Waals surface area contributed by atoms with Crippen LogP contribution in [0.5, 0.6) is 0 Å². The minimum Gasteiger partial charge on any atom is -0.381 e. The van der Waals surface area contributed by atoms with Gasteiger partial charge < -0.3 is 9.64 Å². The van der Waals surface area contributed by atoms with Crippen molar-refractivity contribution >= 4 is 17.6 Å². The second-order valence-corrected chi connectivity index (χ2v) is 9.72. The van der Waals surface area contributed by atoms with Crippen LogP contribution in [0.15, 0.2) is 24.3 Å². The average molecular weight is 449 g/mol. The summed E-state index contributed by atoms with van der Waals surface area (Å²) in [6.07, 6.45) is 3.45. The summed E-state index contributed by atoms with van der Waals surface area (Å²) in [6, 6.07) is 8.36. The summed E-state index contributed by atoms with van der Waals surface area (Å²) in [4.78, 5) is 39.5. The van der Waals surface area contributed by atoms with E-state index >= 15 is 0 Å². The molecule has 2 amide bonds. The number of hydrogen-bond donors (Lipinski definition) is 0. The van der Waals surface area contributed by atoms with Crippen LogP contribution in [-0.2, 0) is 26.2 Å². The van der Waals surface area contributed by atoms with E-state index in [0.717, 1.165) is 34.9 Å². The van der Waals surface area contributed by atoms with Crippen LogP contribution < -0.4 is 4.90 Å². The van der Waals surface area contributed by atoms with E-state index in [4.69, 9.17) is 14.7 Å². The quantitative estimate of drug-likeness (QED) is 0.721. The van der Waals surface area contributed by atoms with E-state index in [-0.39, 0.29) is 17.7 Å². The van der Waals surface area contributed by atoms with Crippen molar-refractivity contribution in [2.75, 3.05) is 38.3 Å². The van der Waals surface area contributed by atoms with E-state index in [2.05, 4.69) is 25.1 Å². The Labute approximate surface area is 195 Å². The number of hydrogen-bond acceptors (Lipinski definition) is 5. The molecule has 3 aliphatic rings. The van der Waals surface area contributed by atoms with Gasteiger partial charge in [0.2, 0.25) is 11.8 Å². The van der Waals surface area contributed by atoms with Gasteiger partial charge in [-0.05, 0) is 45.1 Å². The van der Waals surface area contributed by atoms with Crippen LogP contribution in [0.3, 0.4) is 0 Å². The first-order valence-corrected chi connectivity index (χ1v) is 12.0. The van der Waals surface area contributed by atoms with Gasteiger partial charge in [-0.25, -0.2) is 9.97 Å². The largest absolute Gasteiger partial charge is 0.381 e. The number of aryl methyl sites for hydroxylation is 2. The highest BCUT2D eigenvalue weighted by Crippen LogP contribution is 2.39. The predicted molar refractivity (Wildman–Crippen MR) is 125 cm³/mol. The van der Waals surface area contributed by atoms with Gasteiger partial charge >= 0.3 is 0 Å². The zero-order valence-corrected chi connectivity index (χ0v) is 19.8. The van der Waals surface area contributed by atoms with Gasteiger partial charge in [-0.3, -0.25) is 14.5 Å². The lowest BCUT2D eigenvalue weighted by atomic mass is 9.72. The van der Waals surface area contributed by atoms with Crippen LogP contribution in [0.25, 0.3) is 0 Å². The number of carbonyl (C=O) groups is 2. The Hall–Kier alpha value is -2.80. The van der Waals surface area contributed by atoms with Gasteiger partial charge in [-0.1, -0.05) is 29.8 Å². The molecule has 0 aliphatic carbocycles. The Balaban J connectivity index is 1.41. The summed E-state index contributed by atoms with van der Waals surface area (Å²) in [5.41, 5.74) is 3.74. The molecule has 5 rings (SSSR count). The molecule has 33 heavy (non-hydrogen) atoms. The summed E-state index contributed by atoms with van der Waals surface area (Å²) in [7, 11) is 1.79.